The number of halogens is 2. The summed E-state index contributed by atoms with van der Waals surface area (Å²) in [7, 11) is -1.79. The Kier molecular flexibility index (Phi) is 4.50. The molecule has 0 fully saturated rings. The molecule has 0 aliphatic carbocycles. The van der Waals surface area contributed by atoms with E-state index in [0.717, 1.165) is 25.0 Å². The molecule has 2 aromatic rings. The monoisotopic (exact) mass is 316 g/mol. The SMILES string of the molecule is COP(=O)(OC)[C@](F)(Cl)Cc1ccc2ccccc2c1. The van der Waals surface area contributed by atoms with Crippen molar-refractivity contribution < 1.29 is 18.0 Å². The number of hydrogen-bond acceptors (Lipinski definition) is 3. The molecular formula is C14H15ClFO3P. The van der Waals surface area contributed by atoms with Gasteiger partial charge in [0.05, 0.1) is 0 Å². The molecule has 0 aliphatic rings. The fourth-order valence-electron chi connectivity index (χ4n) is 2.03. The van der Waals surface area contributed by atoms with Crippen molar-refractivity contribution in [2.45, 2.75) is 11.3 Å². The Bertz CT molecular complexity index is 652. The molecule has 2 rings (SSSR count). The molecule has 0 bridgehead atoms. The number of fused-ring (bicyclic) bond motifs is 1. The zero-order valence-corrected chi connectivity index (χ0v) is 12.8. The third-order valence-electron chi connectivity index (χ3n) is 3.11. The highest BCUT2D eigenvalue weighted by atomic mass is 35.5. The Hall–Kier alpha value is -0.930. The normalized spacial score (nSPS) is 15.2. The maximum Gasteiger partial charge on any atom is 0.382 e. The van der Waals surface area contributed by atoms with E-state index in [4.69, 9.17) is 11.6 Å². The Morgan fingerprint density at radius 2 is 1.75 bits per heavy atom. The highest BCUT2D eigenvalue weighted by Crippen LogP contribution is 2.63. The van der Waals surface area contributed by atoms with Gasteiger partial charge in [-0.3, -0.25) is 4.57 Å². The second-order valence-corrected chi connectivity index (χ2v) is 7.68. The third-order valence-corrected chi connectivity index (χ3v) is 5.79. The molecule has 0 radical (unpaired) electrons. The Balaban J connectivity index is 2.33. The second kappa shape index (κ2) is 5.82. The van der Waals surface area contributed by atoms with Gasteiger partial charge in [0, 0.05) is 20.6 Å². The summed E-state index contributed by atoms with van der Waals surface area (Å²) in [6, 6.07) is 13.1. The molecule has 0 saturated heterocycles. The predicted molar refractivity (Wildman–Crippen MR) is 79.0 cm³/mol. The Morgan fingerprint density at radius 1 is 1.15 bits per heavy atom. The highest BCUT2D eigenvalue weighted by Gasteiger charge is 2.49. The molecule has 0 heterocycles. The van der Waals surface area contributed by atoms with Crippen LogP contribution in [-0.2, 0) is 20.0 Å². The van der Waals surface area contributed by atoms with Gasteiger partial charge >= 0.3 is 7.60 Å². The van der Waals surface area contributed by atoms with Gasteiger partial charge in [0.25, 0.3) is 4.87 Å². The topological polar surface area (TPSA) is 35.5 Å². The van der Waals surface area contributed by atoms with Crippen LogP contribution in [0.1, 0.15) is 5.56 Å². The van der Waals surface area contributed by atoms with E-state index in [9.17, 15) is 8.96 Å². The maximum absolute atomic E-state index is 14.5. The molecule has 0 amide bonds. The van der Waals surface area contributed by atoms with E-state index in [1.54, 1.807) is 6.07 Å². The molecular weight excluding hydrogens is 302 g/mol. The van der Waals surface area contributed by atoms with Crippen molar-refractivity contribution in [3.8, 4) is 0 Å². The van der Waals surface area contributed by atoms with Crippen LogP contribution in [0.5, 0.6) is 0 Å². The first-order valence-corrected chi connectivity index (χ1v) is 7.91. The van der Waals surface area contributed by atoms with E-state index in [1.165, 1.54) is 0 Å². The van der Waals surface area contributed by atoms with Gasteiger partial charge in [-0.15, -0.1) is 0 Å². The maximum atomic E-state index is 14.5. The average Bonchev–Trinajstić information content (AvgIpc) is 2.45. The summed E-state index contributed by atoms with van der Waals surface area (Å²) in [5.74, 6) is 0. The van der Waals surface area contributed by atoms with Crippen molar-refractivity contribution >= 4 is 30.0 Å². The van der Waals surface area contributed by atoms with Gasteiger partial charge in [-0.1, -0.05) is 54.1 Å². The van der Waals surface area contributed by atoms with E-state index in [-0.39, 0.29) is 6.42 Å². The minimum absolute atomic E-state index is 0.266. The first kappa shape index (κ1) is 15.5. The lowest BCUT2D eigenvalue weighted by Gasteiger charge is -2.25. The fraction of sp³-hybridized carbons (Fsp3) is 0.286. The lowest BCUT2D eigenvalue weighted by Crippen LogP contribution is -2.20. The number of alkyl halides is 2. The van der Waals surface area contributed by atoms with Crippen LogP contribution in [0.4, 0.5) is 4.39 Å². The first-order valence-electron chi connectivity index (χ1n) is 5.99. The van der Waals surface area contributed by atoms with Gasteiger partial charge < -0.3 is 9.05 Å². The van der Waals surface area contributed by atoms with Crippen LogP contribution in [-0.4, -0.2) is 19.1 Å². The summed E-state index contributed by atoms with van der Waals surface area (Å²) in [6.07, 6.45) is -0.266. The second-order valence-electron chi connectivity index (χ2n) is 4.39. The molecule has 0 spiro atoms. The van der Waals surface area contributed by atoms with Crippen LogP contribution in [0.15, 0.2) is 42.5 Å². The van der Waals surface area contributed by atoms with E-state index in [1.807, 2.05) is 36.4 Å². The van der Waals surface area contributed by atoms with E-state index < -0.39 is 12.5 Å². The first-order chi connectivity index (χ1) is 9.42. The van der Waals surface area contributed by atoms with Gasteiger partial charge in [0.1, 0.15) is 0 Å². The zero-order chi connectivity index (χ0) is 14.8. The lowest BCUT2D eigenvalue weighted by atomic mass is 10.1. The number of benzene rings is 2. The van der Waals surface area contributed by atoms with Gasteiger partial charge in [-0.2, -0.15) is 0 Å². The highest BCUT2D eigenvalue weighted by molar-refractivity contribution is 7.57. The smallest absolute Gasteiger partial charge is 0.309 e. The number of hydrogen-bond donors (Lipinski definition) is 0. The van der Waals surface area contributed by atoms with Crippen molar-refractivity contribution in [1.29, 1.82) is 0 Å². The van der Waals surface area contributed by atoms with E-state index in [0.29, 0.717) is 5.56 Å². The summed E-state index contributed by atoms with van der Waals surface area (Å²) in [4.78, 5) is -2.60. The van der Waals surface area contributed by atoms with Crippen LogP contribution in [0.25, 0.3) is 10.8 Å². The average molecular weight is 317 g/mol. The molecule has 0 unspecified atom stereocenters. The summed E-state index contributed by atoms with van der Waals surface area (Å²) in [6.45, 7) is 0. The van der Waals surface area contributed by atoms with Crippen LogP contribution in [0.3, 0.4) is 0 Å². The van der Waals surface area contributed by atoms with Crippen molar-refractivity contribution in [2.24, 2.45) is 0 Å². The fourth-order valence-corrected chi connectivity index (χ4v) is 3.66. The van der Waals surface area contributed by atoms with Gasteiger partial charge in [-0.25, -0.2) is 4.39 Å². The minimum Gasteiger partial charge on any atom is -0.309 e. The Labute approximate surface area is 122 Å². The molecule has 0 saturated carbocycles. The number of rotatable bonds is 5. The van der Waals surface area contributed by atoms with Crippen molar-refractivity contribution in [3.05, 3.63) is 48.0 Å². The van der Waals surface area contributed by atoms with Crippen molar-refractivity contribution in [2.75, 3.05) is 14.2 Å². The molecule has 20 heavy (non-hydrogen) atoms. The largest absolute Gasteiger partial charge is 0.382 e. The van der Waals surface area contributed by atoms with Crippen molar-refractivity contribution in [1.82, 2.24) is 0 Å². The summed E-state index contributed by atoms with van der Waals surface area (Å²) >= 11 is 5.75. The minimum atomic E-state index is -4.01. The van der Waals surface area contributed by atoms with Crippen LogP contribution in [0, 0.1) is 0 Å². The van der Waals surface area contributed by atoms with Gasteiger partial charge in [-0.05, 0) is 16.3 Å². The van der Waals surface area contributed by atoms with Crippen LogP contribution < -0.4 is 0 Å². The quantitative estimate of drug-likeness (QED) is 0.591. The van der Waals surface area contributed by atoms with E-state index in [2.05, 4.69) is 9.05 Å². The predicted octanol–water partition coefficient (Wildman–Crippen LogP) is 4.73. The van der Waals surface area contributed by atoms with Crippen LogP contribution >= 0.6 is 19.2 Å². The van der Waals surface area contributed by atoms with Gasteiger partial charge in [0.2, 0.25) is 0 Å². The van der Waals surface area contributed by atoms with Crippen LogP contribution in [0.2, 0.25) is 0 Å². The summed E-state index contributed by atoms with van der Waals surface area (Å²) in [5, 5.41) is 2.00. The molecule has 0 aliphatic heterocycles. The molecule has 0 aromatic heterocycles. The summed E-state index contributed by atoms with van der Waals surface area (Å²) in [5.41, 5.74) is 0.621. The van der Waals surface area contributed by atoms with Crippen molar-refractivity contribution in [3.63, 3.8) is 0 Å². The standard InChI is InChI=1S/C14H15ClFO3P/c1-18-20(17,19-2)14(15,16)10-11-7-8-12-5-3-4-6-13(12)9-11/h3-9H,10H2,1-2H3/t14-/m0/s1. The Morgan fingerprint density at radius 3 is 2.35 bits per heavy atom. The molecule has 0 N–H and O–H groups in total. The summed E-state index contributed by atoms with van der Waals surface area (Å²) < 4.78 is 35.8. The third kappa shape index (κ3) is 2.89. The molecule has 3 nitrogen and oxygen atoms in total. The molecule has 1 atom stereocenters. The zero-order valence-electron chi connectivity index (χ0n) is 11.2. The molecule has 6 heteroatoms. The van der Waals surface area contributed by atoms with E-state index >= 15 is 0 Å². The lowest BCUT2D eigenvalue weighted by molar-refractivity contribution is 0.216. The molecule has 2 aromatic carbocycles. The van der Waals surface area contributed by atoms with Gasteiger partial charge in [0.15, 0.2) is 0 Å². The molecule has 108 valence electrons.